The second-order valence-electron chi connectivity index (χ2n) is 9.36. The van der Waals surface area contributed by atoms with Crippen LogP contribution in [-0.4, -0.2) is 37.5 Å². The minimum atomic E-state index is 0.0630. The van der Waals surface area contributed by atoms with Crippen molar-refractivity contribution in [2.45, 2.75) is 33.2 Å². The summed E-state index contributed by atoms with van der Waals surface area (Å²) in [4.78, 5) is 23.7. The van der Waals surface area contributed by atoms with Crippen LogP contribution in [0.1, 0.15) is 43.9 Å². The van der Waals surface area contributed by atoms with Crippen molar-refractivity contribution in [1.29, 1.82) is 0 Å². The lowest BCUT2D eigenvalue weighted by atomic mass is 9.97. The average molecular weight is 462 g/mol. The maximum Gasteiger partial charge on any atom is 0.254 e. The molecule has 0 saturated carbocycles. The van der Waals surface area contributed by atoms with E-state index in [2.05, 4.69) is 59.4 Å². The molecule has 2 aromatic heterocycles. The van der Waals surface area contributed by atoms with Gasteiger partial charge in [0.25, 0.3) is 5.91 Å². The van der Waals surface area contributed by atoms with Gasteiger partial charge >= 0.3 is 0 Å². The van der Waals surface area contributed by atoms with Crippen LogP contribution in [0.15, 0.2) is 66.7 Å². The van der Waals surface area contributed by atoms with E-state index in [0.717, 1.165) is 57.8 Å². The highest BCUT2D eigenvalue weighted by molar-refractivity contribution is 5.96. The highest BCUT2D eigenvalue weighted by Crippen LogP contribution is 2.30. The molecule has 5 aromatic rings. The lowest BCUT2D eigenvalue weighted by Crippen LogP contribution is -2.36. The van der Waals surface area contributed by atoms with Gasteiger partial charge in [0.05, 0.1) is 23.3 Å². The molecule has 3 heterocycles. The van der Waals surface area contributed by atoms with Crippen molar-refractivity contribution in [1.82, 2.24) is 25.1 Å². The molecule has 0 aliphatic carbocycles. The van der Waals surface area contributed by atoms with E-state index in [1.807, 2.05) is 41.3 Å². The number of rotatable bonds is 4. The fourth-order valence-corrected chi connectivity index (χ4v) is 4.94. The highest BCUT2D eigenvalue weighted by Gasteiger charge is 2.28. The van der Waals surface area contributed by atoms with Crippen molar-refractivity contribution < 1.29 is 4.79 Å². The molecule has 0 spiro atoms. The van der Waals surface area contributed by atoms with Crippen LogP contribution in [0.3, 0.4) is 0 Å². The predicted octanol–water partition coefficient (Wildman–Crippen LogP) is 5.36. The Morgan fingerprint density at radius 1 is 1.00 bits per heavy atom. The van der Waals surface area contributed by atoms with E-state index in [1.165, 1.54) is 16.7 Å². The maximum absolute atomic E-state index is 13.6. The number of aromatic nitrogens is 4. The second-order valence-corrected chi connectivity index (χ2v) is 9.36. The third kappa shape index (κ3) is 3.91. The van der Waals surface area contributed by atoms with E-state index in [1.54, 1.807) is 0 Å². The fraction of sp³-hybridized carbons (Fsp3) is 0.207. The Kier molecular flexibility index (Phi) is 5.21. The number of imidazole rings is 1. The number of hydrogen-bond donors (Lipinski definition) is 2. The van der Waals surface area contributed by atoms with Crippen LogP contribution in [-0.2, 0) is 19.4 Å². The molecule has 1 amide bonds. The Morgan fingerprint density at radius 2 is 1.77 bits per heavy atom. The van der Waals surface area contributed by atoms with E-state index < -0.39 is 0 Å². The first-order valence-corrected chi connectivity index (χ1v) is 12.0. The van der Waals surface area contributed by atoms with E-state index in [-0.39, 0.29) is 5.91 Å². The molecule has 1 aliphatic rings. The van der Waals surface area contributed by atoms with Gasteiger partial charge in [0, 0.05) is 17.7 Å². The van der Waals surface area contributed by atoms with Crippen molar-refractivity contribution in [2.24, 2.45) is 0 Å². The summed E-state index contributed by atoms with van der Waals surface area (Å²) < 4.78 is 0. The first-order chi connectivity index (χ1) is 17.1. The molecule has 6 rings (SSSR count). The van der Waals surface area contributed by atoms with Gasteiger partial charge in [0.1, 0.15) is 5.69 Å². The standard InChI is InChI=1S/C29H27N5O/c1-18-14-24-25(15-19(18)2)31-28(30-24)27-23-12-13-34(17-26(23)32-33-27)29(35)22-11-7-6-10-21(22)16-20-8-4-3-5-9-20/h3-11,14-15H,12-13,16-17H2,1-2H3,(H,30,31)(H,32,33). The number of nitrogens with zero attached hydrogens (tertiary/aromatic N) is 3. The third-order valence-electron chi connectivity index (χ3n) is 7.03. The zero-order valence-corrected chi connectivity index (χ0v) is 19.9. The first kappa shape index (κ1) is 21.4. The summed E-state index contributed by atoms with van der Waals surface area (Å²) >= 11 is 0. The summed E-state index contributed by atoms with van der Waals surface area (Å²) in [7, 11) is 0. The molecule has 0 radical (unpaired) electrons. The van der Waals surface area contributed by atoms with Crippen molar-refractivity contribution in [3.63, 3.8) is 0 Å². The van der Waals surface area contributed by atoms with Crippen LogP contribution in [0, 0.1) is 13.8 Å². The lowest BCUT2D eigenvalue weighted by Gasteiger charge is -2.27. The van der Waals surface area contributed by atoms with Gasteiger partial charge < -0.3 is 9.88 Å². The normalized spacial score (nSPS) is 13.3. The summed E-state index contributed by atoms with van der Waals surface area (Å²) in [6, 6.07) is 22.4. The molecule has 0 bridgehead atoms. The van der Waals surface area contributed by atoms with Gasteiger partial charge in [-0.05, 0) is 67.1 Å². The molecule has 3 aromatic carbocycles. The van der Waals surface area contributed by atoms with Gasteiger partial charge in [0.15, 0.2) is 5.82 Å². The van der Waals surface area contributed by atoms with Crippen molar-refractivity contribution >= 4 is 16.9 Å². The quantitative estimate of drug-likeness (QED) is 0.378. The summed E-state index contributed by atoms with van der Waals surface area (Å²) in [5.74, 6) is 0.837. The van der Waals surface area contributed by atoms with Crippen molar-refractivity contribution in [3.8, 4) is 11.5 Å². The molecule has 6 heteroatoms. The van der Waals surface area contributed by atoms with Gasteiger partial charge in [0.2, 0.25) is 0 Å². The summed E-state index contributed by atoms with van der Waals surface area (Å²) in [5, 5.41) is 7.77. The monoisotopic (exact) mass is 461 g/mol. The number of nitrogens with one attached hydrogen (secondary N) is 2. The summed E-state index contributed by atoms with van der Waals surface area (Å²) in [6.45, 7) is 5.37. The average Bonchev–Trinajstić information content (AvgIpc) is 3.48. The molecule has 0 fully saturated rings. The minimum Gasteiger partial charge on any atom is -0.337 e. The maximum atomic E-state index is 13.6. The number of aromatic amines is 2. The van der Waals surface area contributed by atoms with Crippen LogP contribution in [0.5, 0.6) is 0 Å². The number of carbonyl (C=O) groups is 1. The van der Waals surface area contributed by atoms with Crippen LogP contribution < -0.4 is 0 Å². The summed E-state index contributed by atoms with van der Waals surface area (Å²) in [6.07, 6.45) is 1.48. The van der Waals surface area contributed by atoms with Crippen LogP contribution in [0.4, 0.5) is 0 Å². The van der Waals surface area contributed by atoms with Gasteiger partial charge in [-0.2, -0.15) is 5.10 Å². The molecule has 1 aliphatic heterocycles. The molecule has 0 atom stereocenters. The number of hydrogen-bond acceptors (Lipinski definition) is 3. The molecular formula is C29H27N5O. The Balaban J connectivity index is 1.26. The topological polar surface area (TPSA) is 77.7 Å². The molecule has 174 valence electrons. The van der Waals surface area contributed by atoms with Gasteiger partial charge in [-0.3, -0.25) is 9.89 Å². The number of carbonyl (C=O) groups excluding carboxylic acids is 1. The van der Waals surface area contributed by atoms with Crippen LogP contribution in [0.2, 0.25) is 0 Å². The van der Waals surface area contributed by atoms with Crippen molar-refractivity contribution in [3.05, 3.63) is 106 Å². The molecular weight excluding hydrogens is 434 g/mol. The Labute approximate surface area is 204 Å². The lowest BCUT2D eigenvalue weighted by molar-refractivity contribution is 0.0731. The van der Waals surface area contributed by atoms with Crippen LogP contribution >= 0.6 is 0 Å². The van der Waals surface area contributed by atoms with E-state index in [0.29, 0.717) is 13.1 Å². The van der Waals surface area contributed by atoms with E-state index in [9.17, 15) is 4.79 Å². The minimum absolute atomic E-state index is 0.0630. The zero-order valence-electron chi connectivity index (χ0n) is 19.9. The zero-order chi connectivity index (χ0) is 23.9. The predicted molar refractivity (Wildman–Crippen MR) is 137 cm³/mol. The largest absolute Gasteiger partial charge is 0.337 e. The Morgan fingerprint density at radius 3 is 2.63 bits per heavy atom. The van der Waals surface area contributed by atoms with Crippen molar-refractivity contribution in [2.75, 3.05) is 6.54 Å². The second kappa shape index (κ2) is 8.55. The molecule has 2 N–H and O–H groups in total. The Bertz CT molecular complexity index is 1510. The number of aryl methyl sites for hydroxylation is 2. The van der Waals surface area contributed by atoms with Gasteiger partial charge in [-0.1, -0.05) is 48.5 Å². The molecule has 6 nitrogen and oxygen atoms in total. The molecule has 0 saturated heterocycles. The fourth-order valence-electron chi connectivity index (χ4n) is 4.94. The summed E-state index contributed by atoms with van der Waals surface area (Å²) in [5.41, 5.74) is 10.4. The Hall–Kier alpha value is -4.19. The first-order valence-electron chi connectivity index (χ1n) is 12.0. The number of amides is 1. The third-order valence-corrected chi connectivity index (χ3v) is 7.03. The van der Waals surface area contributed by atoms with Gasteiger partial charge in [-0.15, -0.1) is 0 Å². The molecule has 35 heavy (non-hydrogen) atoms. The number of fused-ring (bicyclic) bond motifs is 2. The molecule has 0 unspecified atom stereocenters. The smallest absolute Gasteiger partial charge is 0.254 e. The van der Waals surface area contributed by atoms with Gasteiger partial charge in [-0.25, -0.2) is 4.98 Å². The number of H-pyrrole nitrogens is 2. The van der Waals surface area contributed by atoms with E-state index in [4.69, 9.17) is 4.98 Å². The number of benzene rings is 3. The van der Waals surface area contributed by atoms with Crippen LogP contribution in [0.25, 0.3) is 22.6 Å². The SMILES string of the molecule is Cc1cc2nc(-c3n[nH]c4c3CCN(C(=O)c3ccccc3Cc3ccccc3)C4)[nH]c2cc1C. The highest BCUT2D eigenvalue weighted by atomic mass is 16.2. The van der Waals surface area contributed by atoms with E-state index >= 15 is 0 Å².